The fourth-order valence-corrected chi connectivity index (χ4v) is 2.84. The maximum Gasteiger partial charge on any atom is 0.265 e. The smallest absolute Gasteiger partial charge is 0.265 e. The van der Waals surface area contributed by atoms with E-state index in [0.717, 1.165) is 20.2 Å². The molecule has 0 spiro atoms. The van der Waals surface area contributed by atoms with Crippen LogP contribution >= 0.6 is 31.9 Å². The van der Waals surface area contributed by atoms with Gasteiger partial charge >= 0.3 is 0 Å². The summed E-state index contributed by atoms with van der Waals surface area (Å²) in [6.45, 7) is 3.72. The Hall–Kier alpha value is -1.33. The zero-order valence-corrected chi connectivity index (χ0v) is 14.9. The number of ether oxygens (including phenoxy) is 1. The first kappa shape index (κ1) is 16.0. The number of hydrogen-bond acceptors (Lipinski definition) is 2. The van der Waals surface area contributed by atoms with Crippen molar-refractivity contribution in [3.63, 3.8) is 0 Å². The minimum atomic E-state index is -0.594. The van der Waals surface area contributed by atoms with Gasteiger partial charge in [-0.05, 0) is 60.1 Å². The maximum atomic E-state index is 12.1. The number of aryl methyl sites for hydroxylation is 1. The molecule has 21 heavy (non-hydrogen) atoms. The molecule has 0 saturated carbocycles. The summed E-state index contributed by atoms with van der Waals surface area (Å²) in [7, 11) is 0. The summed E-state index contributed by atoms with van der Waals surface area (Å²) in [6.07, 6.45) is -0.594. The van der Waals surface area contributed by atoms with E-state index in [1.54, 1.807) is 6.92 Å². The lowest BCUT2D eigenvalue weighted by atomic mass is 10.2. The summed E-state index contributed by atoms with van der Waals surface area (Å²) in [5, 5.41) is 2.83. The van der Waals surface area contributed by atoms with Gasteiger partial charge in [0, 0.05) is 10.2 Å². The molecule has 0 heterocycles. The molecule has 3 nitrogen and oxygen atoms in total. The van der Waals surface area contributed by atoms with Crippen molar-refractivity contribution in [2.45, 2.75) is 20.0 Å². The van der Waals surface area contributed by atoms with Crippen molar-refractivity contribution in [1.29, 1.82) is 0 Å². The van der Waals surface area contributed by atoms with E-state index >= 15 is 0 Å². The van der Waals surface area contributed by atoms with Crippen LogP contribution in [-0.4, -0.2) is 12.0 Å². The predicted octanol–water partition coefficient (Wildman–Crippen LogP) is 4.93. The van der Waals surface area contributed by atoms with Gasteiger partial charge in [0.15, 0.2) is 6.10 Å². The van der Waals surface area contributed by atoms with Crippen molar-refractivity contribution in [2.75, 3.05) is 5.32 Å². The average Bonchev–Trinajstić information content (AvgIpc) is 2.44. The monoisotopic (exact) mass is 411 g/mol. The molecule has 0 unspecified atom stereocenters. The Kier molecular flexibility index (Phi) is 5.42. The van der Waals surface area contributed by atoms with Gasteiger partial charge in [0.1, 0.15) is 5.75 Å². The Bertz CT molecular complexity index is 641. The fourth-order valence-electron chi connectivity index (χ4n) is 1.70. The molecule has 0 fully saturated rings. The Morgan fingerprint density at radius 2 is 1.81 bits per heavy atom. The van der Waals surface area contributed by atoms with Crippen LogP contribution in [0.15, 0.2) is 51.4 Å². The molecule has 2 aromatic rings. The van der Waals surface area contributed by atoms with Gasteiger partial charge in [-0.1, -0.05) is 33.6 Å². The van der Waals surface area contributed by atoms with Gasteiger partial charge in [-0.25, -0.2) is 0 Å². The third-order valence-corrected chi connectivity index (χ3v) is 4.00. The lowest BCUT2D eigenvalue weighted by Crippen LogP contribution is -2.30. The number of hydrogen-bond donors (Lipinski definition) is 1. The number of carbonyl (C=O) groups excluding carboxylic acids is 1. The normalized spacial score (nSPS) is 11.8. The zero-order valence-electron chi connectivity index (χ0n) is 11.7. The number of amides is 1. The van der Waals surface area contributed by atoms with E-state index in [1.807, 2.05) is 49.4 Å². The van der Waals surface area contributed by atoms with E-state index in [2.05, 4.69) is 37.2 Å². The second kappa shape index (κ2) is 7.09. The van der Waals surface area contributed by atoms with E-state index in [1.165, 1.54) is 0 Å². The summed E-state index contributed by atoms with van der Waals surface area (Å²) in [6, 6.07) is 13.2. The second-order valence-corrected chi connectivity index (χ2v) is 6.46. The van der Waals surface area contributed by atoms with Gasteiger partial charge in [0.05, 0.1) is 4.47 Å². The molecule has 0 aliphatic carbocycles. The van der Waals surface area contributed by atoms with Crippen LogP contribution in [0, 0.1) is 6.92 Å². The number of carbonyl (C=O) groups is 1. The largest absolute Gasteiger partial charge is 0.480 e. The van der Waals surface area contributed by atoms with Crippen LogP contribution < -0.4 is 10.1 Å². The highest BCUT2D eigenvalue weighted by atomic mass is 79.9. The van der Waals surface area contributed by atoms with Crippen molar-refractivity contribution in [3.8, 4) is 5.75 Å². The van der Waals surface area contributed by atoms with Gasteiger partial charge in [-0.3, -0.25) is 4.79 Å². The lowest BCUT2D eigenvalue weighted by Gasteiger charge is -2.16. The molecule has 2 aromatic carbocycles. The Morgan fingerprint density at radius 1 is 1.14 bits per heavy atom. The van der Waals surface area contributed by atoms with E-state index in [4.69, 9.17) is 4.74 Å². The number of nitrogens with one attached hydrogen (secondary N) is 1. The number of halogens is 2. The van der Waals surface area contributed by atoms with Crippen molar-refractivity contribution < 1.29 is 9.53 Å². The van der Waals surface area contributed by atoms with Gasteiger partial charge in [-0.15, -0.1) is 0 Å². The average molecular weight is 413 g/mol. The highest BCUT2D eigenvalue weighted by Crippen LogP contribution is 2.29. The van der Waals surface area contributed by atoms with E-state index in [-0.39, 0.29) is 5.91 Å². The first-order valence-corrected chi connectivity index (χ1v) is 8.03. The van der Waals surface area contributed by atoms with E-state index < -0.39 is 6.10 Å². The minimum absolute atomic E-state index is 0.186. The summed E-state index contributed by atoms with van der Waals surface area (Å²) in [5.74, 6) is 0.443. The molecule has 0 radical (unpaired) electrons. The molecule has 0 aromatic heterocycles. The first-order valence-electron chi connectivity index (χ1n) is 6.45. The molecule has 2 rings (SSSR count). The Balaban J connectivity index is 2.00. The third-order valence-electron chi connectivity index (χ3n) is 2.89. The van der Waals surface area contributed by atoms with Gasteiger partial charge < -0.3 is 10.1 Å². The van der Waals surface area contributed by atoms with Crippen molar-refractivity contribution >= 4 is 43.5 Å². The standard InChI is InChI=1S/C16H15Br2NO2/c1-10-3-6-13(7-4-10)19-16(20)11(2)21-15-8-5-12(17)9-14(15)18/h3-9,11H,1-2H3,(H,19,20)/t11-/m1/s1. The van der Waals surface area contributed by atoms with E-state index in [0.29, 0.717) is 5.75 Å². The molecular formula is C16H15Br2NO2. The summed E-state index contributed by atoms with van der Waals surface area (Å²) >= 11 is 6.79. The number of rotatable bonds is 4. The minimum Gasteiger partial charge on any atom is -0.480 e. The van der Waals surface area contributed by atoms with Gasteiger partial charge in [0.2, 0.25) is 0 Å². The lowest BCUT2D eigenvalue weighted by molar-refractivity contribution is -0.122. The van der Waals surface area contributed by atoms with E-state index in [9.17, 15) is 4.79 Å². The van der Waals surface area contributed by atoms with Crippen LogP contribution in [0.25, 0.3) is 0 Å². The summed E-state index contributed by atoms with van der Waals surface area (Å²) < 4.78 is 7.42. The van der Waals surface area contributed by atoms with Crippen molar-refractivity contribution in [1.82, 2.24) is 0 Å². The summed E-state index contributed by atoms with van der Waals surface area (Å²) in [4.78, 5) is 12.1. The zero-order chi connectivity index (χ0) is 15.4. The van der Waals surface area contributed by atoms with Crippen LogP contribution in [-0.2, 0) is 4.79 Å². The molecule has 110 valence electrons. The SMILES string of the molecule is Cc1ccc(NC(=O)[C@@H](C)Oc2ccc(Br)cc2Br)cc1. The highest BCUT2D eigenvalue weighted by Gasteiger charge is 2.16. The van der Waals surface area contributed by atoms with Crippen LogP contribution in [0.2, 0.25) is 0 Å². The first-order chi connectivity index (χ1) is 9.95. The fraction of sp³-hybridized carbons (Fsp3) is 0.188. The topological polar surface area (TPSA) is 38.3 Å². The van der Waals surface area contributed by atoms with Crippen molar-refractivity contribution in [3.05, 3.63) is 57.0 Å². The van der Waals surface area contributed by atoms with Crippen LogP contribution in [0.4, 0.5) is 5.69 Å². The number of anilines is 1. The molecule has 0 bridgehead atoms. The summed E-state index contributed by atoms with van der Waals surface area (Å²) in [5.41, 5.74) is 1.91. The molecule has 0 aliphatic rings. The molecule has 0 aliphatic heterocycles. The van der Waals surface area contributed by atoms with Crippen LogP contribution in [0.1, 0.15) is 12.5 Å². The Labute approximate surface area is 141 Å². The molecule has 0 saturated heterocycles. The maximum absolute atomic E-state index is 12.1. The van der Waals surface area contributed by atoms with Crippen LogP contribution in [0.3, 0.4) is 0 Å². The molecule has 1 N–H and O–H groups in total. The number of benzene rings is 2. The molecular weight excluding hydrogens is 398 g/mol. The van der Waals surface area contributed by atoms with Crippen LogP contribution in [0.5, 0.6) is 5.75 Å². The highest BCUT2D eigenvalue weighted by molar-refractivity contribution is 9.11. The van der Waals surface area contributed by atoms with Gasteiger partial charge in [-0.2, -0.15) is 0 Å². The quantitative estimate of drug-likeness (QED) is 0.773. The third kappa shape index (κ3) is 4.58. The Morgan fingerprint density at radius 3 is 2.43 bits per heavy atom. The molecule has 5 heteroatoms. The second-order valence-electron chi connectivity index (χ2n) is 4.69. The predicted molar refractivity (Wildman–Crippen MR) is 91.7 cm³/mol. The molecule has 1 atom stereocenters. The molecule has 1 amide bonds. The van der Waals surface area contributed by atoms with Crippen molar-refractivity contribution in [2.24, 2.45) is 0 Å². The van der Waals surface area contributed by atoms with Gasteiger partial charge in [0.25, 0.3) is 5.91 Å².